The van der Waals surface area contributed by atoms with E-state index in [4.69, 9.17) is 0 Å². The molecule has 0 N–H and O–H groups in total. The van der Waals surface area contributed by atoms with E-state index in [2.05, 4.69) is 104 Å². The molecule has 0 amide bonds. The van der Waals surface area contributed by atoms with E-state index in [1.807, 2.05) is 23.5 Å². The van der Waals surface area contributed by atoms with Crippen LogP contribution in [0.1, 0.15) is 33.6 Å². The Hall–Kier alpha value is -2.04. The van der Waals surface area contributed by atoms with E-state index in [1.54, 1.807) is 0 Å². The summed E-state index contributed by atoms with van der Waals surface area (Å²) in [6.45, 7) is 8.05. The molecule has 2 aliphatic heterocycles. The van der Waals surface area contributed by atoms with Crippen LogP contribution in [0.4, 0.5) is 11.4 Å². The minimum absolute atomic E-state index is 0.273. The van der Waals surface area contributed by atoms with E-state index in [0.717, 1.165) is 19.4 Å². The monoisotopic (exact) mass is 446 g/mol. The first-order valence-corrected chi connectivity index (χ1v) is 12.8. The second-order valence-electron chi connectivity index (χ2n) is 9.36. The molecule has 0 aromatic heterocycles. The Morgan fingerprint density at radius 1 is 1.00 bits per heavy atom. The lowest BCUT2D eigenvalue weighted by molar-refractivity contribution is 0.354. The number of para-hydroxylation sites is 2. The van der Waals surface area contributed by atoms with E-state index in [-0.39, 0.29) is 5.41 Å². The van der Waals surface area contributed by atoms with Crippen molar-refractivity contribution in [2.24, 2.45) is 5.41 Å². The van der Waals surface area contributed by atoms with Gasteiger partial charge in [0.1, 0.15) is 0 Å². The van der Waals surface area contributed by atoms with Gasteiger partial charge < -0.3 is 9.80 Å². The molecule has 2 aromatic carbocycles. The van der Waals surface area contributed by atoms with Crippen LogP contribution < -0.4 is 9.80 Å². The fourth-order valence-electron chi connectivity index (χ4n) is 4.88. The third-order valence-corrected chi connectivity index (χ3v) is 8.63. The van der Waals surface area contributed by atoms with Crippen LogP contribution in [0.5, 0.6) is 0 Å². The molecular formula is C27H30N2S2. The molecule has 1 atom stereocenters. The second-order valence-corrected chi connectivity index (χ2v) is 11.6. The SMILES string of the molecule is CCN1/C(=C\C2=CC(=C/C3Sc4ccccc4N3C)/CC(C)(C)C2)Sc2ccccc21. The summed E-state index contributed by atoms with van der Waals surface area (Å²) < 4.78 is 0. The van der Waals surface area contributed by atoms with Gasteiger partial charge in [0.05, 0.1) is 21.8 Å². The normalized spacial score (nSPS) is 24.5. The number of hydrogen-bond donors (Lipinski definition) is 0. The standard InChI is InChI=1S/C27H30N2S2/c1-5-29-22-11-7-9-13-24(22)31-26(29)16-20-14-19(17-27(2,3)18-20)15-25-28(4)21-10-6-8-12-23(21)30-25/h6-16,25H,5,17-18H2,1-4H3/b19-15-,26-16+. The molecule has 2 aromatic rings. The maximum atomic E-state index is 2.48. The summed E-state index contributed by atoms with van der Waals surface area (Å²) in [6.07, 6.45) is 9.62. The van der Waals surface area contributed by atoms with Gasteiger partial charge in [0, 0.05) is 23.4 Å². The first kappa shape index (κ1) is 20.8. The van der Waals surface area contributed by atoms with Crippen LogP contribution in [-0.4, -0.2) is 19.0 Å². The van der Waals surface area contributed by atoms with Crippen molar-refractivity contribution in [3.05, 3.63) is 82.9 Å². The predicted octanol–water partition coefficient (Wildman–Crippen LogP) is 7.70. The number of hydrogen-bond acceptors (Lipinski definition) is 4. The van der Waals surface area contributed by atoms with Gasteiger partial charge in [-0.3, -0.25) is 0 Å². The summed E-state index contributed by atoms with van der Waals surface area (Å²) in [5.41, 5.74) is 5.86. The zero-order chi connectivity index (χ0) is 21.6. The van der Waals surface area contributed by atoms with Crippen molar-refractivity contribution in [1.29, 1.82) is 0 Å². The fraction of sp³-hybridized carbons (Fsp3) is 0.333. The smallest absolute Gasteiger partial charge is 0.0985 e. The molecule has 4 heteroatoms. The van der Waals surface area contributed by atoms with Gasteiger partial charge in [0.25, 0.3) is 0 Å². The van der Waals surface area contributed by atoms with Crippen molar-refractivity contribution in [1.82, 2.24) is 0 Å². The Balaban J connectivity index is 1.45. The molecule has 0 saturated heterocycles. The highest BCUT2D eigenvalue weighted by Gasteiger charge is 2.30. The summed E-state index contributed by atoms with van der Waals surface area (Å²) in [4.78, 5) is 7.60. The van der Waals surface area contributed by atoms with E-state index in [1.165, 1.54) is 37.3 Å². The minimum Gasteiger partial charge on any atom is -0.358 e. The zero-order valence-corrected chi connectivity index (χ0v) is 20.4. The maximum absolute atomic E-state index is 2.48. The van der Waals surface area contributed by atoms with Gasteiger partial charge in [0.15, 0.2) is 0 Å². The predicted molar refractivity (Wildman–Crippen MR) is 137 cm³/mol. The molecule has 0 fully saturated rings. The lowest BCUT2D eigenvalue weighted by Gasteiger charge is -2.32. The Kier molecular flexibility index (Phi) is 5.47. The fourth-order valence-corrected chi connectivity index (χ4v) is 7.34. The molecule has 0 radical (unpaired) electrons. The molecule has 0 spiro atoms. The van der Waals surface area contributed by atoms with Crippen LogP contribution in [0.15, 0.2) is 92.7 Å². The van der Waals surface area contributed by atoms with Crippen LogP contribution in [0, 0.1) is 5.41 Å². The van der Waals surface area contributed by atoms with Crippen LogP contribution in [-0.2, 0) is 0 Å². The van der Waals surface area contributed by atoms with Gasteiger partial charge in [-0.25, -0.2) is 0 Å². The summed E-state index contributed by atoms with van der Waals surface area (Å²) in [5.74, 6) is 0. The highest BCUT2D eigenvalue weighted by molar-refractivity contribution is 8.03. The first-order valence-electron chi connectivity index (χ1n) is 11.1. The van der Waals surface area contributed by atoms with Gasteiger partial charge >= 0.3 is 0 Å². The summed E-state index contributed by atoms with van der Waals surface area (Å²) in [6, 6.07) is 17.5. The lowest BCUT2D eigenvalue weighted by atomic mass is 9.75. The molecule has 1 aliphatic carbocycles. The number of allylic oxidation sites excluding steroid dienone is 4. The molecule has 0 bridgehead atoms. The third-order valence-electron chi connectivity index (χ3n) is 6.23. The van der Waals surface area contributed by atoms with Gasteiger partial charge in [-0.1, -0.05) is 67.7 Å². The second kappa shape index (κ2) is 8.14. The van der Waals surface area contributed by atoms with E-state index >= 15 is 0 Å². The van der Waals surface area contributed by atoms with Crippen LogP contribution in [0.3, 0.4) is 0 Å². The number of likely N-dealkylation sites (N-methyl/N-ethyl adjacent to an activating group) is 1. The van der Waals surface area contributed by atoms with Crippen LogP contribution in [0.2, 0.25) is 0 Å². The molecule has 3 aliphatic rings. The lowest BCUT2D eigenvalue weighted by Crippen LogP contribution is -2.24. The first-order chi connectivity index (χ1) is 14.9. The molecule has 2 nitrogen and oxygen atoms in total. The Morgan fingerprint density at radius 3 is 2.45 bits per heavy atom. The zero-order valence-electron chi connectivity index (χ0n) is 18.8. The number of benzene rings is 2. The third kappa shape index (κ3) is 4.08. The van der Waals surface area contributed by atoms with Gasteiger partial charge in [-0.05, 0) is 72.7 Å². The number of anilines is 2. The number of rotatable bonds is 3. The topological polar surface area (TPSA) is 6.48 Å². The summed E-state index contributed by atoms with van der Waals surface area (Å²) in [7, 11) is 2.21. The van der Waals surface area contributed by atoms with Gasteiger partial charge in [0.2, 0.25) is 0 Å². The number of fused-ring (bicyclic) bond motifs is 2. The van der Waals surface area contributed by atoms with Crippen molar-refractivity contribution >= 4 is 34.9 Å². The Bertz CT molecular complexity index is 1100. The van der Waals surface area contributed by atoms with E-state index in [0.29, 0.717) is 5.37 Å². The van der Waals surface area contributed by atoms with Gasteiger partial charge in [-0.2, -0.15) is 0 Å². The van der Waals surface area contributed by atoms with Crippen LogP contribution in [0.25, 0.3) is 0 Å². The Morgan fingerprint density at radius 2 is 1.71 bits per heavy atom. The van der Waals surface area contributed by atoms with E-state index < -0.39 is 0 Å². The Labute approximate surface area is 195 Å². The number of nitrogens with zero attached hydrogens (tertiary/aromatic N) is 2. The van der Waals surface area contributed by atoms with Crippen molar-refractivity contribution in [2.75, 3.05) is 23.4 Å². The quantitative estimate of drug-likeness (QED) is 0.476. The van der Waals surface area contributed by atoms with Crippen molar-refractivity contribution in [3.63, 3.8) is 0 Å². The molecule has 0 saturated carbocycles. The maximum Gasteiger partial charge on any atom is 0.0985 e. The highest BCUT2D eigenvalue weighted by atomic mass is 32.2. The molecule has 160 valence electrons. The van der Waals surface area contributed by atoms with E-state index in [9.17, 15) is 0 Å². The molecule has 2 heterocycles. The molecule has 5 rings (SSSR count). The summed E-state index contributed by atoms with van der Waals surface area (Å²) in [5, 5.41) is 1.72. The number of thioether (sulfide) groups is 2. The molecule has 31 heavy (non-hydrogen) atoms. The van der Waals surface area contributed by atoms with Crippen LogP contribution >= 0.6 is 23.5 Å². The van der Waals surface area contributed by atoms with Crippen molar-refractivity contribution < 1.29 is 0 Å². The highest BCUT2D eigenvalue weighted by Crippen LogP contribution is 2.48. The van der Waals surface area contributed by atoms with Crippen molar-refractivity contribution in [3.8, 4) is 0 Å². The van der Waals surface area contributed by atoms with Gasteiger partial charge in [-0.15, -0.1) is 0 Å². The summed E-state index contributed by atoms with van der Waals surface area (Å²) >= 11 is 3.86. The minimum atomic E-state index is 0.273. The average molecular weight is 447 g/mol. The average Bonchev–Trinajstić information content (AvgIpc) is 3.24. The largest absolute Gasteiger partial charge is 0.358 e. The molecular weight excluding hydrogens is 416 g/mol. The molecule has 1 unspecified atom stereocenters. The van der Waals surface area contributed by atoms with Crippen molar-refractivity contribution in [2.45, 2.75) is 48.8 Å².